The maximum absolute atomic E-state index is 6.41. The molecule has 2 rings (SSSR count). The van der Waals surface area contributed by atoms with Gasteiger partial charge < -0.3 is 4.74 Å². The third-order valence-electron chi connectivity index (χ3n) is 4.03. The molecule has 3 atom stereocenters. The van der Waals surface area contributed by atoms with Crippen molar-refractivity contribution in [1.29, 1.82) is 0 Å². The van der Waals surface area contributed by atoms with Gasteiger partial charge in [0, 0.05) is 11.3 Å². The summed E-state index contributed by atoms with van der Waals surface area (Å²) in [5.74, 6) is 0.181. The number of nitrogens with one attached hydrogen (secondary N) is 1. The molecule has 0 bridgehead atoms. The second kappa shape index (κ2) is 6.14. The predicted octanol–water partition coefficient (Wildman–Crippen LogP) is 4.00. The van der Waals surface area contributed by atoms with E-state index in [1.807, 2.05) is 6.20 Å². The monoisotopic (exact) mass is 289 g/mol. The number of allylic oxidation sites excluding steroid dienone is 3. The molecular formula is C17H27N3O. The molecule has 0 amide bonds. The van der Waals surface area contributed by atoms with Crippen LogP contribution in [-0.4, -0.2) is 27.1 Å². The van der Waals surface area contributed by atoms with Gasteiger partial charge in [0.25, 0.3) is 0 Å². The highest BCUT2D eigenvalue weighted by Crippen LogP contribution is 2.46. The van der Waals surface area contributed by atoms with Gasteiger partial charge in [-0.15, -0.1) is 0 Å². The summed E-state index contributed by atoms with van der Waals surface area (Å²) in [6, 6.07) is 0. The molecule has 0 fully saturated rings. The van der Waals surface area contributed by atoms with Crippen LogP contribution < -0.4 is 0 Å². The van der Waals surface area contributed by atoms with Gasteiger partial charge in [0.2, 0.25) is 0 Å². The van der Waals surface area contributed by atoms with Crippen LogP contribution >= 0.6 is 0 Å². The van der Waals surface area contributed by atoms with E-state index in [0.29, 0.717) is 0 Å². The number of H-pyrrole nitrogens is 1. The molecule has 1 aliphatic carbocycles. The van der Waals surface area contributed by atoms with Gasteiger partial charge in [0.15, 0.2) is 0 Å². The summed E-state index contributed by atoms with van der Waals surface area (Å²) >= 11 is 0. The van der Waals surface area contributed by atoms with Gasteiger partial charge in [-0.1, -0.05) is 44.6 Å². The first-order valence-electron chi connectivity index (χ1n) is 7.76. The topological polar surface area (TPSA) is 50.8 Å². The lowest BCUT2D eigenvalue weighted by Gasteiger charge is -2.43. The minimum Gasteiger partial charge on any atom is -0.372 e. The highest BCUT2D eigenvalue weighted by molar-refractivity contribution is 5.30. The van der Waals surface area contributed by atoms with Crippen LogP contribution in [0.25, 0.3) is 0 Å². The summed E-state index contributed by atoms with van der Waals surface area (Å²) in [6.45, 7) is 10.8. The van der Waals surface area contributed by atoms with Gasteiger partial charge in [0.05, 0.1) is 23.6 Å². The van der Waals surface area contributed by atoms with E-state index < -0.39 is 0 Å². The molecule has 1 heterocycles. The lowest BCUT2D eigenvalue weighted by molar-refractivity contribution is -0.108. The Morgan fingerprint density at radius 2 is 2.14 bits per heavy atom. The van der Waals surface area contributed by atoms with Crippen LogP contribution in [0.1, 0.15) is 59.1 Å². The zero-order chi connectivity index (χ0) is 15.5. The number of aromatic amines is 1. The molecule has 4 nitrogen and oxygen atoms in total. The molecule has 0 spiro atoms. The van der Waals surface area contributed by atoms with Crippen molar-refractivity contribution in [3.63, 3.8) is 0 Å². The standard InChI is InChI=1S/C17H27N3O/c1-6-9-15(21-16(2,3)4)17(5)11-8-7-10-13(17)14-12-18-20-19-14/h7-8,10-13,15H,6,9H2,1-5H3,(H,18,19,20). The molecule has 1 aromatic rings. The number of rotatable bonds is 5. The van der Waals surface area contributed by atoms with Crippen LogP contribution in [-0.2, 0) is 4.74 Å². The fraction of sp³-hybridized carbons (Fsp3) is 0.647. The van der Waals surface area contributed by atoms with Crippen molar-refractivity contribution < 1.29 is 4.74 Å². The highest BCUT2D eigenvalue weighted by atomic mass is 16.5. The van der Waals surface area contributed by atoms with Crippen molar-refractivity contribution >= 4 is 0 Å². The molecule has 0 aromatic carbocycles. The van der Waals surface area contributed by atoms with E-state index in [9.17, 15) is 0 Å². The molecule has 4 heteroatoms. The average Bonchev–Trinajstić information content (AvgIpc) is 2.91. The summed E-state index contributed by atoms with van der Waals surface area (Å²) in [4.78, 5) is 0. The second-order valence-corrected chi connectivity index (χ2v) is 6.99. The third-order valence-corrected chi connectivity index (χ3v) is 4.03. The van der Waals surface area contributed by atoms with E-state index in [1.165, 1.54) is 0 Å². The molecule has 0 saturated heterocycles. The van der Waals surface area contributed by atoms with Crippen LogP contribution in [0.2, 0.25) is 0 Å². The smallest absolute Gasteiger partial charge is 0.0902 e. The first-order valence-corrected chi connectivity index (χ1v) is 7.76. The Labute approximate surface area is 127 Å². The summed E-state index contributed by atoms with van der Waals surface area (Å²) in [5, 5.41) is 11.0. The maximum Gasteiger partial charge on any atom is 0.0902 e. The fourth-order valence-corrected chi connectivity index (χ4v) is 3.02. The van der Waals surface area contributed by atoms with Crippen LogP contribution in [0.3, 0.4) is 0 Å². The zero-order valence-corrected chi connectivity index (χ0v) is 13.8. The van der Waals surface area contributed by atoms with Gasteiger partial charge in [-0.3, -0.25) is 0 Å². The molecule has 0 radical (unpaired) electrons. The number of hydrogen-bond donors (Lipinski definition) is 1. The van der Waals surface area contributed by atoms with E-state index in [1.54, 1.807) is 0 Å². The normalized spacial score (nSPS) is 27.0. The first kappa shape index (κ1) is 16.0. The van der Waals surface area contributed by atoms with E-state index in [4.69, 9.17) is 4.74 Å². The van der Waals surface area contributed by atoms with E-state index in [2.05, 4.69) is 74.3 Å². The Balaban J connectivity index is 2.34. The van der Waals surface area contributed by atoms with Crippen molar-refractivity contribution in [1.82, 2.24) is 15.4 Å². The number of aromatic nitrogens is 3. The molecule has 21 heavy (non-hydrogen) atoms. The molecular weight excluding hydrogens is 262 g/mol. The Kier molecular flexibility index (Phi) is 4.67. The lowest BCUT2D eigenvalue weighted by Crippen LogP contribution is -2.42. The van der Waals surface area contributed by atoms with Crippen molar-refractivity contribution in [2.24, 2.45) is 5.41 Å². The van der Waals surface area contributed by atoms with Gasteiger partial charge in [-0.2, -0.15) is 15.4 Å². The fourth-order valence-electron chi connectivity index (χ4n) is 3.02. The van der Waals surface area contributed by atoms with Crippen LogP contribution in [0, 0.1) is 5.41 Å². The SMILES string of the molecule is CCCC(OC(C)(C)C)C1(C)C=CC=CC1c1cn[nH]n1. The second-order valence-electron chi connectivity index (χ2n) is 6.99. The predicted molar refractivity (Wildman–Crippen MR) is 85.0 cm³/mol. The van der Waals surface area contributed by atoms with Crippen molar-refractivity contribution in [2.75, 3.05) is 0 Å². The molecule has 0 saturated carbocycles. The number of hydrogen-bond acceptors (Lipinski definition) is 3. The Hall–Kier alpha value is -1.42. The van der Waals surface area contributed by atoms with E-state index in [-0.39, 0.29) is 23.0 Å². The summed E-state index contributed by atoms with van der Waals surface area (Å²) in [5.41, 5.74) is 0.693. The van der Waals surface area contributed by atoms with Crippen LogP contribution in [0.5, 0.6) is 0 Å². The maximum atomic E-state index is 6.41. The third kappa shape index (κ3) is 3.62. The summed E-state index contributed by atoms with van der Waals surface area (Å²) in [6.07, 6.45) is 12.7. The molecule has 1 aliphatic rings. The van der Waals surface area contributed by atoms with Crippen LogP contribution in [0.15, 0.2) is 30.5 Å². The summed E-state index contributed by atoms with van der Waals surface area (Å²) in [7, 11) is 0. The largest absolute Gasteiger partial charge is 0.372 e. The number of nitrogens with zero attached hydrogens (tertiary/aromatic N) is 2. The Bertz CT molecular complexity index is 499. The molecule has 1 N–H and O–H groups in total. The van der Waals surface area contributed by atoms with Crippen molar-refractivity contribution in [3.05, 3.63) is 36.2 Å². The zero-order valence-electron chi connectivity index (χ0n) is 13.8. The molecule has 1 aromatic heterocycles. The average molecular weight is 289 g/mol. The van der Waals surface area contributed by atoms with Gasteiger partial charge in [-0.25, -0.2) is 0 Å². The minimum absolute atomic E-state index is 0.116. The molecule has 116 valence electrons. The van der Waals surface area contributed by atoms with Crippen molar-refractivity contribution in [2.45, 2.75) is 65.1 Å². The first-order chi connectivity index (χ1) is 9.87. The van der Waals surface area contributed by atoms with Crippen molar-refractivity contribution in [3.8, 4) is 0 Å². The lowest BCUT2D eigenvalue weighted by atomic mass is 9.68. The van der Waals surface area contributed by atoms with Gasteiger partial charge in [0.1, 0.15) is 0 Å². The van der Waals surface area contributed by atoms with Crippen LogP contribution in [0.4, 0.5) is 0 Å². The highest BCUT2D eigenvalue weighted by Gasteiger charge is 2.42. The van der Waals surface area contributed by atoms with Gasteiger partial charge in [-0.05, 0) is 27.2 Å². The molecule has 3 unspecified atom stereocenters. The van der Waals surface area contributed by atoms with Gasteiger partial charge >= 0.3 is 0 Å². The molecule has 0 aliphatic heterocycles. The Morgan fingerprint density at radius 1 is 1.38 bits per heavy atom. The van der Waals surface area contributed by atoms with E-state index >= 15 is 0 Å². The van der Waals surface area contributed by atoms with E-state index in [0.717, 1.165) is 18.5 Å². The quantitative estimate of drug-likeness (QED) is 0.891. The summed E-state index contributed by atoms with van der Waals surface area (Å²) < 4.78 is 6.41. The number of ether oxygens (including phenoxy) is 1. The minimum atomic E-state index is -0.160. The Morgan fingerprint density at radius 3 is 2.71 bits per heavy atom.